The maximum Gasteiger partial charge on any atom is 0.155 e. The summed E-state index contributed by atoms with van der Waals surface area (Å²) < 4.78 is 0. The van der Waals surface area contributed by atoms with Crippen LogP contribution in [0.3, 0.4) is 0 Å². The van der Waals surface area contributed by atoms with Crippen molar-refractivity contribution in [2.24, 2.45) is 0 Å². The number of ketones is 1. The summed E-state index contributed by atoms with van der Waals surface area (Å²) in [5.41, 5.74) is 0. The number of aliphatic hydroxyl groups is 1. The van der Waals surface area contributed by atoms with E-state index in [0.29, 0.717) is 6.42 Å². The smallest absolute Gasteiger partial charge is 0.155 e. The number of unbranched alkanes of at least 4 members (excludes halogenated alkanes) is 11. The fourth-order valence-electron chi connectivity index (χ4n) is 2.41. The van der Waals surface area contributed by atoms with Crippen molar-refractivity contribution in [3.8, 4) is 0 Å². The predicted octanol–water partition coefficient (Wildman–Crippen LogP) is 5.20. The largest absolute Gasteiger partial charge is 0.392 e. The van der Waals surface area contributed by atoms with Crippen LogP contribution >= 0.6 is 0 Å². The van der Waals surface area contributed by atoms with Crippen molar-refractivity contribution in [3.05, 3.63) is 12.2 Å². The summed E-state index contributed by atoms with van der Waals surface area (Å²) in [4.78, 5) is 11.3. The molecule has 1 N–H and O–H groups in total. The molecule has 0 aromatic heterocycles. The molecule has 2 heteroatoms. The molecule has 0 aromatic rings. The Kier molecular flexibility index (Phi) is 15.9. The lowest BCUT2D eigenvalue weighted by Crippen LogP contribution is -1.93. The Hall–Kier alpha value is -0.630. The zero-order valence-corrected chi connectivity index (χ0v) is 13.4. The third-order valence-electron chi connectivity index (χ3n) is 3.69. The average Bonchev–Trinajstić information content (AvgIpc) is 2.46. The molecular weight excluding hydrogens is 248 g/mol. The average molecular weight is 282 g/mol. The second kappa shape index (κ2) is 16.4. The normalized spacial score (nSPS) is 11.3. The lowest BCUT2D eigenvalue weighted by molar-refractivity contribution is -0.114. The van der Waals surface area contributed by atoms with E-state index in [1.54, 1.807) is 0 Å². The molecule has 2 nitrogen and oxygen atoms in total. The van der Waals surface area contributed by atoms with Gasteiger partial charge < -0.3 is 5.11 Å². The maximum absolute atomic E-state index is 11.3. The highest BCUT2D eigenvalue weighted by atomic mass is 16.2. The van der Waals surface area contributed by atoms with Crippen molar-refractivity contribution in [1.29, 1.82) is 0 Å². The minimum absolute atomic E-state index is 0.0375. The number of rotatable bonds is 15. The van der Waals surface area contributed by atoms with E-state index in [4.69, 9.17) is 5.11 Å². The van der Waals surface area contributed by atoms with Gasteiger partial charge in [-0.2, -0.15) is 0 Å². The van der Waals surface area contributed by atoms with E-state index in [0.717, 1.165) is 12.8 Å². The maximum atomic E-state index is 11.3. The zero-order valence-electron chi connectivity index (χ0n) is 13.4. The number of aliphatic hydroxyl groups excluding tert-OH is 1. The quantitative estimate of drug-likeness (QED) is 0.331. The van der Waals surface area contributed by atoms with Crippen LogP contribution in [0.4, 0.5) is 0 Å². The van der Waals surface area contributed by atoms with Crippen molar-refractivity contribution in [2.45, 2.75) is 90.4 Å². The second-order valence-electron chi connectivity index (χ2n) is 5.69. The molecule has 0 aliphatic rings. The molecular formula is C18H34O2. The van der Waals surface area contributed by atoms with Gasteiger partial charge in [0.15, 0.2) is 5.78 Å². The lowest BCUT2D eigenvalue weighted by Gasteiger charge is -2.02. The first kappa shape index (κ1) is 19.4. The Balaban J connectivity index is 3.09. The van der Waals surface area contributed by atoms with E-state index in [9.17, 15) is 4.79 Å². The summed E-state index contributed by atoms with van der Waals surface area (Å²) in [5.74, 6) is 0.145. The van der Waals surface area contributed by atoms with Crippen LogP contribution in [0, 0.1) is 0 Å². The first-order chi connectivity index (χ1) is 9.81. The fourth-order valence-corrected chi connectivity index (χ4v) is 2.41. The summed E-state index contributed by atoms with van der Waals surface area (Å²) in [7, 11) is 0. The molecule has 0 saturated carbocycles. The van der Waals surface area contributed by atoms with Gasteiger partial charge in [-0.1, -0.05) is 83.6 Å². The Bertz CT molecular complexity index is 234. The van der Waals surface area contributed by atoms with E-state index < -0.39 is 0 Å². The van der Waals surface area contributed by atoms with Crippen LogP contribution in [0.2, 0.25) is 0 Å². The highest BCUT2D eigenvalue weighted by Crippen LogP contribution is 2.12. The molecule has 0 rings (SSSR count). The Morgan fingerprint density at radius 2 is 1.25 bits per heavy atom. The zero-order chi connectivity index (χ0) is 14.9. The minimum Gasteiger partial charge on any atom is -0.392 e. The topological polar surface area (TPSA) is 37.3 Å². The van der Waals surface area contributed by atoms with Gasteiger partial charge in [0.25, 0.3) is 0 Å². The monoisotopic (exact) mass is 282 g/mol. The van der Waals surface area contributed by atoms with Crippen LogP contribution < -0.4 is 0 Å². The number of carbonyl (C=O) groups is 1. The molecule has 0 fully saturated rings. The summed E-state index contributed by atoms with van der Waals surface area (Å²) >= 11 is 0. The second-order valence-corrected chi connectivity index (χ2v) is 5.69. The SMILES string of the molecule is CCCCCCCCCCCCCCC(=O)C=CCO. The Morgan fingerprint density at radius 1 is 0.800 bits per heavy atom. The lowest BCUT2D eigenvalue weighted by atomic mass is 10.0. The first-order valence-corrected chi connectivity index (χ1v) is 8.61. The molecule has 118 valence electrons. The molecule has 0 aliphatic carbocycles. The van der Waals surface area contributed by atoms with Gasteiger partial charge in [0.2, 0.25) is 0 Å². The molecule has 0 heterocycles. The third kappa shape index (κ3) is 15.4. The highest BCUT2D eigenvalue weighted by molar-refractivity contribution is 5.89. The molecule has 20 heavy (non-hydrogen) atoms. The van der Waals surface area contributed by atoms with Gasteiger partial charge in [0.05, 0.1) is 6.61 Å². The predicted molar refractivity (Wildman–Crippen MR) is 86.9 cm³/mol. The van der Waals surface area contributed by atoms with E-state index in [1.807, 2.05) is 0 Å². The van der Waals surface area contributed by atoms with Crippen LogP contribution in [0.25, 0.3) is 0 Å². The molecule has 0 atom stereocenters. The van der Waals surface area contributed by atoms with Gasteiger partial charge >= 0.3 is 0 Å². The van der Waals surface area contributed by atoms with Crippen molar-refractivity contribution in [2.75, 3.05) is 6.61 Å². The number of allylic oxidation sites excluding steroid dienone is 1. The van der Waals surface area contributed by atoms with Gasteiger partial charge in [-0.3, -0.25) is 4.79 Å². The summed E-state index contributed by atoms with van der Waals surface area (Å²) in [6, 6.07) is 0. The molecule has 0 radical (unpaired) electrons. The van der Waals surface area contributed by atoms with Crippen molar-refractivity contribution >= 4 is 5.78 Å². The Morgan fingerprint density at radius 3 is 1.70 bits per heavy atom. The molecule has 0 aliphatic heterocycles. The van der Waals surface area contributed by atoms with Crippen molar-refractivity contribution in [3.63, 3.8) is 0 Å². The van der Waals surface area contributed by atoms with Gasteiger partial charge in [-0.25, -0.2) is 0 Å². The van der Waals surface area contributed by atoms with E-state index >= 15 is 0 Å². The molecule has 0 unspecified atom stereocenters. The molecule has 0 aromatic carbocycles. The summed E-state index contributed by atoms with van der Waals surface area (Å²) in [6.45, 7) is 2.22. The van der Waals surface area contributed by atoms with E-state index in [2.05, 4.69) is 6.92 Å². The summed E-state index contributed by atoms with van der Waals surface area (Å²) in [5, 5.41) is 8.55. The fraction of sp³-hybridized carbons (Fsp3) is 0.833. The first-order valence-electron chi connectivity index (χ1n) is 8.61. The number of hydrogen-bond donors (Lipinski definition) is 1. The molecule has 0 saturated heterocycles. The number of carbonyl (C=O) groups excluding carboxylic acids is 1. The van der Waals surface area contributed by atoms with Crippen LogP contribution in [0.1, 0.15) is 90.4 Å². The highest BCUT2D eigenvalue weighted by Gasteiger charge is 1.97. The van der Waals surface area contributed by atoms with E-state index in [-0.39, 0.29) is 12.4 Å². The minimum atomic E-state index is -0.0375. The van der Waals surface area contributed by atoms with Crippen LogP contribution in [0.15, 0.2) is 12.2 Å². The molecule has 0 amide bonds. The van der Waals surface area contributed by atoms with Crippen LogP contribution in [-0.4, -0.2) is 17.5 Å². The Labute approximate surface area is 125 Å². The van der Waals surface area contributed by atoms with Gasteiger partial charge in [-0.15, -0.1) is 0 Å². The third-order valence-corrected chi connectivity index (χ3v) is 3.69. The van der Waals surface area contributed by atoms with E-state index in [1.165, 1.54) is 76.4 Å². The van der Waals surface area contributed by atoms with Crippen LogP contribution in [-0.2, 0) is 4.79 Å². The molecule has 0 spiro atoms. The van der Waals surface area contributed by atoms with Gasteiger partial charge in [-0.05, 0) is 12.5 Å². The number of hydrogen-bond acceptors (Lipinski definition) is 2. The molecule has 0 bridgehead atoms. The van der Waals surface area contributed by atoms with Crippen molar-refractivity contribution in [1.82, 2.24) is 0 Å². The van der Waals surface area contributed by atoms with Gasteiger partial charge in [0, 0.05) is 6.42 Å². The standard InChI is InChI=1S/C18H34O2/c1-2-3-4-5-6-7-8-9-10-11-12-13-15-18(20)16-14-17-19/h14,16,19H,2-13,15,17H2,1H3. The summed E-state index contributed by atoms with van der Waals surface area (Å²) in [6.07, 6.45) is 19.5. The van der Waals surface area contributed by atoms with Gasteiger partial charge in [0.1, 0.15) is 0 Å². The van der Waals surface area contributed by atoms with Crippen LogP contribution in [0.5, 0.6) is 0 Å². The van der Waals surface area contributed by atoms with Crippen molar-refractivity contribution < 1.29 is 9.90 Å².